The molecule has 1 aromatic heterocycles. The Hall–Kier alpha value is -2.97. The summed E-state index contributed by atoms with van der Waals surface area (Å²) in [5.74, 6) is 1.34. The molecule has 2 aromatic carbocycles. The third-order valence-electron chi connectivity index (χ3n) is 5.13. The first-order chi connectivity index (χ1) is 14.6. The van der Waals surface area contributed by atoms with Crippen LogP contribution in [0.25, 0.3) is 11.3 Å². The SMILES string of the molecule is COc1ccccc1-c1cc(Nc2ccc(S(=O)(=O)N3CCCCC3)cc2)ncn1. The fraction of sp³-hybridized carbons (Fsp3) is 0.273. The summed E-state index contributed by atoms with van der Waals surface area (Å²) in [6.45, 7) is 1.18. The van der Waals surface area contributed by atoms with E-state index in [0.29, 0.717) is 23.8 Å². The number of methoxy groups -OCH3 is 1. The maximum atomic E-state index is 12.8. The molecule has 0 aliphatic carbocycles. The summed E-state index contributed by atoms with van der Waals surface area (Å²) in [6.07, 6.45) is 4.41. The van der Waals surface area contributed by atoms with Crippen molar-refractivity contribution < 1.29 is 13.2 Å². The smallest absolute Gasteiger partial charge is 0.243 e. The zero-order valence-electron chi connectivity index (χ0n) is 16.8. The zero-order chi connectivity index (χ0) is 21.0. The highest BCUT2D eigenvalue weighted by Crippen LogP contribution is 2.29. The molecule has 0 radical (unpaired) electrons. The quantitative estimate of drug-likeness (QED) is 0.642. The van der Waals surface area contributed by atoms with Gasteiger partial charge in [0, 0.05) is 30.4 Å². The molecule has 1 aliphatic rings. The fourth-order valence-electron chi connectivity index (χ4n) is 3.54. The third kappa shape index (κ3) is 4.29. The molecule has 1 aliphatic heterocycles. The molecule has 30 heavy (non-hydrogen) atoms. The van der Waals surface area contributed by atoms with E-state index >= 15 is 0 Å². The highest BCUT2D eigenvalue weighted by molar-refractivity contribution is 7.89. The van der Waals surface area contributed by atoms with Gasteiger partial charge in [-0.15, -0.1) is 0 Å². The maximum absolute atomic E-state index is 12.8. The van der Waals surface area contributed by atoms with Gasteiger partial charge in [0.25, 0.3) is 0 Å². The lowest BCUT2D eigenvalue weighted by atomic mass is 10.1. The molecule has 2 heterocycles. The van der Waals surface area contributed by atoms with Crippen LogP contribution in [0.3, 0.4) is 0 Å². The average Bonchev–Trinajstić information content (AvgIpc) is 2.80. The number of anilines is 2. The molecule has 0 spiro atoms. The van der Waals surface area contributed by atoms with Crippen LogP contribution in [0.4, 0.5) is 11.5 Å². The van der Waals surface area contributed by atoms with Gasteiger partial charge in [0.15, 0.2) is 0 Å². The summed E-state index contributed by atoms with van der Waals surface area (Å²) in [6, 6.07) is 16.2. The van der Waals surface area contributed by atoms with Gasteiger partial charge < -0.3 is 10.1 Å². The summed E-state index contributed by atoms with van der Waals surface area (Å²) in [5.41, 5.74) is 2.35. The molecule has 0 saturated carbocycles. The average molecular weight is 425 g/mol. The van der Waals surface area contributed by atoms with Crippen molar-refractivity contribution >= 4 is 21.5 Å². The highest BCUT2D eigenvalue weighted by Gasteiger charge is 2.25. The molecule has 1 N–H and O–H groups in total. The third-order valence-corrected chi connectivity index (χ3v) is 7.04. The minimum atomic E-state index is -3.44. The Morgan fingerprint density at radius 1 is 0.967 bits per heavy atom. The van der Waals surface area contributed by atoms with Crippen molar-refractivity contribution in [3.05, 3.63) is 60.9 Å². The van der Waals surface area contributed by atoms with E-state index in [1.807, 2.05) is 30.3 Å². The van der Waals surface area contributed by atoms with Crippen LogP contribution in [-0.4, -0.2) is 42.9 Å². The monoisotopic (exact) mass is 424 g/mol. The fourth-order valence-corrected chi connectivity index (χ4v) is 5.06. The van der Waals surface area contributed by atoms with Gasteiger partial charge in [-0.25, -0.2) is 18.4 Å². The van der Waals surface area contributed by atoms with E-state index in [9.17, 15) is 8.42 Å². The van der Waals surface area contributed by atoms with Gasteiger partial charge in [-0.3, -0.25) is 0 Å². The predicted molar refractivity (Wildman–Crippen MR) is 116 cm³/mol. The molecule has 8 heteroatoms. The number of ether oxygens (including phenoxy) is 1. The van der Waals surface area contributed by atoms with E-state index in [1.165, 1.54) is 6.33 Å². The molecular weight excluding hydrogens is 400 g/mol. The van der Waals surface area contributed by atoms with Crippen LogP contribution in [0.15, 0.2) is 65.8 Å². The number of nitrogens with zero attached hydrogens (tertiary/aromatic N) is 3. The Morgan fingerprint density at radius 3 is 2.43 bits per heavy atom. The van der Waals surface area contributed by atoms with Crippen molar-refractivity contribution in [3.63, 3.8) is 0 Å². The first-order valence-corrected chi connectivity index (χ1v) is 11.3. The van der Waals surface area contributed by atoms with E-state index in [1.54, 1.807) is 35.7 Å². The van der Waals surface area contributed by atoms with E-state index in [2.05, 4.69) is 15.3 Å². The van der Waals surface area contributed by atoms with Crippen LogP contribution in [0.2, 0.25) is 0 Å². The van der Waals surface area contributed by atoms with Crippen LogP contribution in [-0.2, 0) is 10.0 Å². The Balaban J connectivity index is 1.53. The molecule has 0 bridgehead atoms. The Labute approximate surface area is 176 Å². The zero-order valence-corrected chi connectivity index (χ0v) is 17.6. The van der Waals surface area contributed by atoms with Crippen molar-refractivity contribution in [2.75, 3.05) is 25.5 Å². The van der Waals surface area contributed by atoms with E-state index in [0.717, 1.165) is 42.0 Å². The molecule has 7 nitrogen and oxygen atoms in total. The molecule has 0 unspecified atom stereocenters. The van der Waals surface area contributed by atoms with Gasteiger partial charge >= 0.3 is 0 Å². The second-order valence-electron chi connectivity index (χ2n) is 7.10. The summed E-state index contributed by atoms with van der Waals surface area (Å²) in [7, 11) is -1.81. The number of piperidine rings is 1. The van der Waals surface area contributed by atoms with Gasteiger partial charge in [-0.2, -0.15) is 4.31 Å². The highest BCUT2D eigenvalue weighted by atomic mass is 32.2. The number of rotatable bonds is 6. The van der Waals surface area contributed by atoms with Gasteiger partial charge in [0.2, 0.25) is 10.0 Å². The lowest BCUT2D eigenvalue weighted by Gasteiger charge is -2.25. The molecular formula is C22H24N4O3S. The van der Waals surface area contributed by atoms with Crippen molar-refractivity contribution in [2.24, 2.45) is 0 Å². The summed E-state index contributed by atoms with van der Waals surface area (Å²) >= 11 is 0. The van der Waals surface area contributed by atoms with Crippen molar-refractivity contribution in [3.8, 4) is 17.0 Å². The number of para-hydroxylation sites is 1. The van der Waals surface area contributed by atoms with Crippen molar-refractivity contribution in [1.82, 2.24) is 14.3 Å². The van der Waals surface area contributed by atoms with Crippen LogP contribution >= 0.6 is 0 Å². The Morgan fingerprint density at radius 2 is 1.70 bits per heavy atom. The van der Waals surface area contributed by atoms with Gasteiger partial charge in [0.1, 0.15) is 17.9 Å². The second-order valence-corrected chi connectivity index (χ2v) is 9.04. The van der Waals surface area contributed by atoms with E-state index < -0.39 is 10.0 Å². The van der Waals surface area contributed by atoms with Gasteiger partial charge in [0.05, 0.1) is 17.7 Å². The van der Waals surface area contributed by atoms with Crippen LogP contribution in [0, 0.1) is 0 Å². The number of nitrogens with one attached hydrogen (secondary N) is 1. The topological polar surface area (TPSA) is 84.4 Å². The summed E-state index contributed by atoms with van der Waals surface area (Å²) < 4.78 is 32.6. The minimum Gasteiger partial charge on any atom is -0.496 e. The molecule has 4 rings (SSSR count). The summed E-state index contributed by atoms with van der Waals surface area (Å²) in [5, 5.41) is 3.21. The van der Waals surface area contributed by atoms with E-state index in [-0.39, 0.29) is 0 Å². The number of benzene rings is 2. The van der Waals surface area contributed by atoms with Crippen LogP contribution in [0.1, 0.15) is 19.3 Å². The molecule has 0 amide bonds. The molecule has 1 saturated heterocycles. The molecule has 1 fully saturated rings. The van der Waals surface area contributed by atoms with Gasteiger partial charge in [-0.05, 0) is 49.2 Å². The molecule has 3 aromatic rings. The molecule has 0 atom stereocenters. The lowest BCUT2D eigenvalue weighted by molar-refractivity contribution is 0.346. The normalized spacial score (nSPS) is 15.0. The van der Waals surface area contributed by atoms with Crippen LogP contribution in [0.5, 0.6) is 5.75 Å². The minimum absolute atomic E-state index is 0.312. The van der Waals surface area contributed by atoms with E-state index in [4.69, 9.17) is 4.74 Å². The number of aromatic nitrogens is 2. The van der Waals surface area contributed by atoms with Crippen molar-refractivity contribution in [2.45, 2.75) is 24.2 Å². The predicted octanol–water partition coefficient (Wildman–Crippen LogP) is 4.07. The van der Waals surface area contributed by atoms with Crippen LogP contribution < -0.4 is 10.1 Å². The standard InChI is InChI=1S/C22H24N4O3S/c1-29-21-8-4-3-7-19(21)20-15-22(24-16-23-20)25-17-9-11-18(12-10-17)30(27,28)26-13-5-2-6-14-26/h3-4,7-12,15-16H,2,5-6,13-14H2,1H3,(H,23,24,25). The largest absolute Gasteiger partial charge is 0.496 e. The lowest BCUT2D eigenvalue weighted by Crippen LogP contribution is -2.35. The number of hydrogen-bond donors (Lipinski definition) is 1. The first kappa shape index (κ1) is 20.3. The summed E-state index contributed by atoms with van der Waals surface area (Å²) in [4.78, 5) is 8.93. The number of sulfonamides is 1. The maximum Gasteiger partial charge on any atom is 0.243 e. The van der Waals surface area contributed by atoms with Crippen molar-refractivity contribution in [1.29, 1.82) is 0 Å². The number of hydrogen-bond acceptors (Lipinski definition) is 6. The molecule has 156 valence electrons. The Bertz CT molecular complexity index is 1110. The Kier molecular flexibility index (Phi) is 5.96. The first-order valence-electron chi connectivity index (χ1n) is 9.90. The van der Waals surface area contributed by atoms with Gasteiger partial charge in [-0.1, -0.05) is 18.6 Å². The second kappa shape index (κ2) is 8.81.